The number of hydrogen-bond donors (Lipinski definition) is 1. The van der Waals surface area contributed by atoms with Crippen molar-refractivity contribution in [2.75, 3.05) is 26.8 Å². The zero-order valence-electron chi connectivity index (χ0n) is 12.2. The van der Waals surface area contributed by atoms with E-state index in [0.29, 0.717) is 0 Å². The van der Waals surface area contributed by atoms with Crippen LogP contribution in [0.4, 0.5) is 0 Å². The van der Waals surface area contributed by atoms with Gasteiger partial charge in [0.1, 0.15) is 0 Å². The van der Waals surface area contributed by atoms with Crippen LogP contribution in [-0.2, 0) is 4.74 Å². The molecule has 1 rings (SSSR count). The Morgan fingerprint density at radius 1 is 1.18 bits per heavy atom. The first-order valence-corrected chi connectivity index (χ1v) is 7.31. The van der Waals surface area contributed by atoms with E-state index in [1.165, 1.54) is 25.7 Å². The van der Waals surface area contributed by atoms with Crippen LogP contribution in [0.2, 0.25) is 0 Å². The van der Waals surface area contributed by atoms with Crippen LogP contribution >= 0.6 is 0 Å². The molecule has 0 radical (unpaired) electrons. The maximum atomic E-state index is 5.04. The number of hydrogen-bond acceptors (Lipinski definition) is 2. The van der Waals surface area contributed by atoms with Gasteiger partial charge in [-0.05, 0) is 55.9 Å². The third-order valence-electron chi connectivity index (χ3n) is 3.99. The minimum Gasteiger partial charge on any atom is -0.383 e. The Bertz CT molecular complexity index is 185. The Balaban J connectivity index is 2.14. The van der Waals surface area contributed by atoms with Gasteiger partial charge in [0.15, 0.2) is 0 Å². The predicted molar refractivity (Wildman–Crippen MR) is 74.2 cm³/mol. The van der Waals surface area contributed by atoms with Gasteiger partial charge in [-0.3, -0.25) is 0 Å². The molecule has 0 amide bonds. The highest BCUT2D eigenvalue weighted by molar-refractivity contribution is 4.76. The van der Waals surface area contributed by atoms with Gasteiger partial charge >= 0.3 is 0 Å². The molecule has 3 unspecified atom stereocenters. The summed E-state index contributed by atoms with van der Waals surface area (Å²) in [6, 6.07) is 0. The lowest BCUT2D eigenvalue weighted by Crippen LogP contribution is -2.28. The van der Waals surface area contributed by atoms with Crippen LogP contribution < -0.4 is 5.32 Å². The Hall–Kier alpha value is -0.0800. The van der Waals surface area contributed by atoms with Gasteiger partial charge in [0, 0.05) is 13.7 Å². The van der Waals surface area contributed by atoms with Crippen molar-refractivity contribution in [2.45, 2.75) is 46.5 Å². The third-order valence-corrected chi connectivity index (χ3v) is 3.99. The summed E-state index contributed by atoms with van der Waals surface area (Å²) in [6.07, 6.45) is 5.74. The van der Waals surface area contributed by atoms with E-state index in [-0.39, 0.29) is 0 Å². The number of ether oxygens (including phenoxy) is 1. The standard InChI is InChI=1S/C15H31NO/c1-12-7-13(2)9-15(8-12)10-14(3)11-16-5-6-17-4/h12-16H,5-11H2,1-4H3. The lowest BCUT2D eigenvalue weighted by atomic mass is 9.74. The highest BCUT2D eigenvalue weighted by Gasteiger charge is 2.24. The first-order valence-electron chi connectivity index (χ1n) is 7.31. The normalized spacial score (nSPS) is 31.4. The average Bonchev–Trinajstić information content (AvgIpc) is 2.23. The number of nitrogens with one attached hydrogen (secondary N) is 1. The summed E-state index contributed by atoms with van der Waals surface area (Å²) < 4.78 is 5.04. The zero-order valence-corrected chi connectivity index (χ0v) is 12.2. The van der Waals surface area contributed by atoms with Crippen molar-refractivity contribution in [2.24, 2.45) is 23.7 Å². The molecule has 1 saturated carbocycles. The summed E-state index contributed by atoms with van der Waals surface area (Å²) in [5.41, 5.74) is 0. The van der Waals surface area contributed by atoms with E-state index in [2.05, 4.69) is 26.1 Å². The van der Waals surface area contributed by atoms with Crippen LogP contribution in [0.5, 0.6) is 0 Å². The van der Waals surface area contributed by atoms with E-state index in [1.54, 1.807) is 7.11 Å². The van der Waals surface area contributed by atoms with E-state index < -0.39 is 0 Å². The number of methoxy groups -OCH3 is 1. The highest BCUT2D eigenvalue weighted by Crippen LogP contribution is 2.35. The lowest BCUT2D eigenvalue weighted by molar-refractivity contribution is 0.184. The van der Waals surface area contributed by atoms with Gasteiger partial charge < -0.3 is 10.1 Å². The maximum absolute atomic E-state index is 5.04. The van der Waals surface area contributed by atoms with Crippen molar-refractivity contribution in [3.05, 3.63) is 0 Å². The van der Waals surface area contributed by atoms with Gasteiger partial charge in [-0.25, -0.2) is 0 Å². The quantitative estimate of drug-likeness (QED) is 0.690. The van der Waals surface area contributed by atoms with Gasteiger partial charge in [0.2, 0.25) is 0 Å². The average molecular weight is 241 g/mol. The van der Waals surface area contributed by atoms with E-state index in [0.717, 1.165) is 43.4 Å². The van der Waals surface area contributed by atoms with E-state index in [1.807, 2.05) is 0 Å². The molecule has 0 spiro atoms. The second-order valence-corrected chi connectivity index (χ2v) is 6.32. The van der Waals surface area contributed by atoms with Crippen molar-refractivity contribution in [3.8, 4) is 0 Å². The molecular formula is C15H31NO. The molecule has 0 aromatic rings. The molecule has 102 valence electrons. The molecule has 0 heterocycles. The van der Waals surface area contributed by atoms with Gasteiger partial charge in [-0.2, -0.15) is 0 Å². The summed E-state index contributed by atoms with van der Waals surface area (Å²) in [5, 5.41) is 3.47. The van der Waals surface area contributed by atoms with Crippen LogP contribution in [0.1, 0.15) is 46.5 Å². The minimum atomic E-state index is 0.800. The molecule has 0 aromatic carbocycles. The fraction of sp³-hybridized carbons (Fsp3) is 1.00. The minimum absolute atomic E-state index is 0.800. The molecule has 1 fully saturated rings. The van der Waals surface area contributed by atoms with Crippen molar-refractivity contribution in [3.63, 3.8) is 0 Å². The summed E-state index contributed by atoms with van der Waals surface area (Å²) >= 11 is 0. The van der Waals surface area contributed by atoms with Crippen LogP contribution in [0.3, 0.4) is 0 Å². The van der Waals surface area contributed by atoms with Crippen LogP contribution in [-0.4, -0.2) is 26.8 Å². The SMILES string of the molecule is COCCNCC(C)CC1CC(C)CC(C)C1. The molecular weight excluding hydrogens is 210 g/mol. The molecule has 0 aliphatic heterocycles. The molecule has 17 heavy (non-hydrogen) atoms. The molecule has 1 N–H and O–H groups in total. The molecule has 0 saturated heterocycles. The largest absolute Gasteiger partial charge is 0.383 e. The monoisotopic (exact) mass is 241 g/mol. The fourth-order valence-electron chi connectivity index (χ4n) is 3.48. The molecule has 3 atom stereocenters. The Morgan fingerprint density at radius 3 is 2.41 bits per heavy atom. The van der Waals surface area contributed by atoms with Crippen LogP contribution in [0.15, 0.2) is 0 Å². The van der Waals surface area contributed by atoms with E-state index in [4.69, 9.17) is 4.74 Å². The molecule has 0 aromatic heterocycles. The first-order chi connectivity index (χ1) is 8.11. The molecule has 2 heteroatoms. The predicted octanol–water partition coefficient (Wildman–Crippen LogP) is 3.32. The third kappa shape index (κ3) is 6.42. The van der Waals surface area contributed by atoms with Gasteiger partial charge in [-0.15, -0.1) is 0 Å². The second-order valence-electron chi connectivity index (χ2n) is 6.32. The molecule has 1 aliphatic rings. The topological polar surface area (TPSA) is 21.3 Å². The first kappa shape index (κ1) is 15.0. The summed E-state index contributed by atoms with van der Waals surface area (Å²) in [4.78, 5) is 0. The molecule has 2 nitrogen and oxygen atoms in total. The Morgan fingerprint density at radius 2 is 1.82 bits per heavy atom. The highest BCUT2D eigenvalue weighted by atomic mass is 16.5. The Labute approximate surface area is 108 Å². The second kappa shape index (κ2) is 8.10. The summed E-state index contributed by atoms with van der Waals surface area (Å²) in [6.45, 7) is 10.2. The molecule has 0 bridgehead atoms. The maximum Gasteiger partial charge on any atom is 0.0587 e. The zero-order chi connectivity index (χ0) is 12.7. The van der Waals surface area contributed by atoms with Crippen molar-refractivity contribution in [1.29, 1.82) is 0 Å². The van der Waals surface area contributed by atoms with Gasteiger partial charge in [0.25, 0.3) is 0 Å². The van der Waals surface area contributed by atoms with Crippen molar-refractivity contribution < 1.29 is 4.74 Å². The van der Waals surface area contributed by atoms with Gasteiger partial charge in [-0.1, -0.05) is 20.8 Å². The summed E-state index contributed by atoms with van der Waals surface area (Å²) in [7, 11) is 1.76. The Kier molecular flexibility index (Phi) is 7.14. The van der Waals surface area contributed by atoms with Gasteiger partial charge in [0.05, 0.1) is 6.61 Å². The van der Waals surface area contributed by atoms with Crippen molar-refractivity contribution >= 4 is 0 Å². The van der Waals surface area contributed by atoms with Crippen LogP contribution in [0, 0.1) is 23.7 Å². The number of rotatable bonds is 7. The smallest absolute Gasteiger partial charge is 0.0587 e. The summed E-state index contributed by atoms with van der Waals surface area (Å²) in [5.74, 6) is 3.65. The van der Waals surface area contributed by atoms with Crippen LogP contribution in [0.25, 0.3) is 0 Å². The lowest BCUT2D eigenvalue weighted by Gasteiger charge is -2.33. The molecule has 1 aliphatic carbocycles. The fourth-order valence-corrected chi connectivity index (χ4v) is 3.48. The van der Waals surface area contributed by atoms with Crippen molar-refractivity contribution in [1.82, 2.24) is 5.32 Å². The van der Waals surface area contributed by atoms with E-state index >= 15 is 0 Å². The van der Waals surface area contributed by atoms with E-state index in [9.17, 15) is 0 Å².